The molecule has 1 aromatic rings. The van der Waals surface area contributed by atoms with Crippen LogP contribution in [-0.2, 0) is 4.79 Å². The Balaban J connectivity index is 1.90. The van der Waals surface area contributed by atoms with E-state index in [1.807, 2.05) is 0 Å². The summed E-state index contributed by atoms with van der Waals surface area (Å²) < 4.78 is 5.02. The Morgan fingerprint density at radius 2 is 2.47 bits per heavy atom. The molecular weight excluding hydrogens is 240 g/mol. The lowest BCUT2D eigenvalue weighted by Crippen LogP contribution is -2.47. The van der Waals surface area contributed by atoms with E-state index in [1.54, 1.807) is 18.6 Å². The van der Waals surface area contributed by atoms with Crippen LogP contribution >= 0.6 is 11.3 Å². The van der Waals surface area contributed by atoms with Crippen molar-refractivity contribution in [1.82, 2.24) is 10.6 Å². The van der Waals surface area contributed by atoms with Gasteiger partial charge in [0.05, 0.1) is 12.0 Å². The zero-order valence-corrected chi connectivity index (χ0v) is 10.3. The van der Waals surface area contributed by atoms with Crippen molar-refractivity contribution in [2.75, 3.05) is 13.7 Å². The van der Waals surface area contributed by atoms with Gasteiger partial charge in [0.25, 0.3) is 5.91 Å². The molecule has 2 rings (SSSR count). The fraction of sp³-hybridized carbons (Fsp3) is 0.455. The van der Waals surface area contributed by atoms with Gasteiger partial charge in [0.2, 0.25) is 5.91 Å². The first-order chi connectivity index (χ1) is 8.19. The molecule has 0 aromatic carbocycles. The highest BCUT2D eigenvalue weighted by Crippen LogP contribution is 2.21. The average molecular weight is 254 g/mol. The van der Waals surface area contributed by atoms with Gasteiger partial charge in [-0.05, 0) is 6.42 Å². The lowest BCUT2D eigenvalue weighted by Gasteiger charge is -2.23. The van der Waals surface area contributed by atoms with Crippen LogP contribution in [0.2, 0.25) is 0 Å². The van der Waals surface area contributed by atoms with E-state index in [2.05, 4.69) is 10.6 Å². The summed E-state index contributed by atoms with van der Waals surface area (Å²) in [7, 11) is 1.57. The molecule has 0 aliphatic carbocycles. The van der Waals surface area contributed by atoms with Crippen molar-refractivity contribution in [3.63, 3.8) is 0 Å². The number of amides is 2. The maximum Gasteiger partial charge on any atom is 0.261 e. The number of rotatable bonds is 3. The molecule has 0 spiro atoms. The van der Waals surface area contributed by atoms with Crippen molar-refractivity contribution in [2.45, 2.75) is 18.9 Å². The quantitative estimate of drug-likeness (QED) is 0.837. The van der Waals surface area contributed by atoms with Crippen molar-refractivity contribution in [2.24, 2.45) is 0 Å². The van der Waals surface area contributed by atoms with E-state index >= 15 is 0 Å². The molecule has 0 saturated carbocycles. The van der Waals surface area contributed by atoms with Crippen LogP contribution in [0.1, 0.15) is 22.5 Å². The van der Waals surface area contributed by atoms with Crippen LogP contribution in [0.3, 0.4) is 0 Å². The van der Waals surface area contributed by atoms with Crippen molar-refractivity contribution in [3.8, 4) is 5.75 Å². The molecule has 0 bridgehead atoms. The second kappa shape index (κ2) is 5.18. The summed E-state index contributed by atoms with van der Waals surface area (Å²) in [6, 6.07) is 1.73. The van der Waals surface area contributed by atoms with E-state index < -0.39 is 0 Å². The van der Waals surface area contributed by atoms with Gasteiger partial charge >= 0.3 is 0 Å². The zero-order chi connectivity index (χ0) is 12.3. The third-order valence-electron chi connectivity index (χ3n) is 2.64. The number of hydrogen-bond acceptors (Lipinski definition) is 4. The first-order valence-electron chi connectivity index (χ1n) is 5.39. The van der Waals surface area contributed by atoms with Crippen LogP contribution in [0.15, 0.2) is 11.4 Å². The molecule has 1 saturated heterocycles. The van der Waals surface area contributed by atoms with Crippen molar-refractivity contribution in [1.29, 1.82) is 0 Å². The molecule has 2 amide bonds. The monoisotopic (exact) mass is 254 g/mol. The minimum Gasteiger partial charge on any atom is -0.496 e. The molecule has 2 heterocycles. The smallest absolute Gasteiger partial charge is 0.261 e. The summed E-state index contributed by atoms with van der Waals surface area (Å²) in [5.41, 5.74) is 0. The van der Waals surface area contributed by atoms with Gasteiger partial charge in [-0.2, -0.15) is 0 Å². The molecular formula is C11H14N2O3S. The van der Waals surface area contributed by atoms with E-state index in [4.69, 9.17) is 4.74 Å². The number of carbonyl (C=O) groups excluding carboxylic acids is 2. The van der Waals surface area contributed by atoms with Gasteiger partial charge < -0.3 is 15.4 Å². The van der Waals surface area contributed by atoms with E-state index in [9.17, 15) is 9.59 Å². The van der Waals surface area contributed by atoms with Gasteiger partial charge in [0.15, 0.2) is 0 Å². The minimum absolute atomic E-state index is 0.0216. The highest BCUT2D eigenvalue weighted by atomic mass is 32.1. The third kappa shape index (κ3) is 2.97. The number of hydrogen-bond donors (Lipinski definition) is 2. The summed E-state index contributed by atoms with van der Waals surface area (Å²) in [6.45, 7) is 0.507. The fourth-order valence-electron chi connectivity index (χ4n) is 1.66. The van der Waals surface area contributed by atoms with Gasteiger partial charge in [-0.15, -0.1) is 11.3 Å². The van der Waals surface area contributed by atoms with Crippen molar-refractivity contribution >= 4 is 23.2 Å². The number of piperidine rings is 1. The number of nitrogens with one attached hydrogen (secondary N) is 2. The molecule has 1 aliphatic rings. The lowest BCUT2D eigenvalue weighted by atomic mass is 10.1. The second-order valence-corrected chi connectivity index (χ2v) is 4.78. The average Bonchev–Trinajstić information content (AvgIpc) is 2.81. The summed E-state index contributed by atoms with van der Waals surface area (Å²) >= 11 is 1.35. The Kier molecular flexibility index (Phi) is 3.63. The molecule has 2 N–H and O–H groups in total. The van der Waals surface area contributed by atoms with E-state index in [0.29, 0.717) is 30.0 Å². The van der Waals surface area contributed by atoms with Gasteiger partial charge in [-0.1, -0.05) is 0 Å². The lowest BCUT2D eigenvalue weighted by molar-refractivity contribution is -0.122. The topological polar surface area (TPSA) is 67.4 Å². The van der Waals surface area contributed by atoms with Crippen LogP contribution in [0.25, 0.3) is 0 Å². The van der Waals surface area contributed by atoms with Gasteiger partial charge in [0.1, 0.15) is 5.75 Å². The maximum atomic E-state index is 11.9. The molecule has 6 heteroatoms. The second-order valence-electron chi connectivity index (χ2n) is 3.86. The molecule has 1 atom stereocenters. The predicted octanol–water partition coefficient (Wildman–Crippen LogP) is 0.765. The molecule has 92 valence electrons. The van der Waals surface area contributed by atoms with Crippen LogP contribution in [-0.4, -0.2) is 31.5 Å². The van der Waals surface area contributed by atoms with E-state index in [-0.39, 0.29) is 17.9 Å². The normalized spacial score (nSPS) is 19.6. The van der Waals surface area contributed by atoms with Crippen molar-refractivity contribution in [3.05, 3.63) is 16.3 Å². The maximum absolute atomic E-state index is 11.9. The third-order valence-corrected chi connectivity index (χ3v) is 3.54. The fourth-order valence-corrected chi connectivity index (χ4v) is 2.41. The standard InChI is InChI=1S/C11H14N2O3S/c1-16-8-4-9(17-6-8)11(15)13-7-2-3-10(14)12-5-7/h4,6-7H,2-3,5H2,1H3,(H,12,14)(H,13,15). The summed E-state index contributed by atoms with van der Waals surface area (Å²) in [5, 5.41) is 7.41. The highest BCUT2D eigenvalue weighted by Gasteiger charge is 2.20. The molecule has 5 nitrogen and oxygen atoms in total. The molecule has 1 aromatic heterocycles. The van der Waals surface area contributed by atoms with Gasteiger partial charge in [-0.25, -0.2) is 0 Å². The van der Waals surface area contributed by atoms with Gasteiger partial charge in [0, 0.05) is 30.5 Å². The Hall–Kier alpha value is -1.56. The van der Waals surface area contributed by atoms with Crippen LogP contribution in [0.4, 0.5) is 0 Å². The highest BCUT2D eigenvalue weighted by molar-refractivity contribution is 7.12. The molecule has 1 fully saturated rings. The number of carbonyl (C=O) groups is 2. The first kappa shape index (κ1) is 11.9. The Morgan fingerprint density at radius 3 is 3.06 bits per heavy atom. The summed E-state index contributed by atoms with van der Waals surface area (Å²) in [4.78, 5) is 23.4. The largest absolute Gasteiger partial charge is 0.496 e. The minimum atomic E-state index is -0.112. The van der Waals surface area contributed by atoms with Crippen molar-refractivity contribution < 1.29 is 14.3 Å². The van der Waals surface area contributed by atoms with E-state index in [1.165, 1.54) is 11.3 Å². The number of thiophene rings is 1. The van der Waals surface area contributed by atoms with Crippen LogP contribution < -0.4 is 15.4 Å². The summed E-state index contributed by atoms with van der Waals surface area (Å²) in [6.07, 6.45) is 1.17. The van der Waals surface area contributed by atoms with Gasteiger partial charge in [-0.3, -0.25) is 9.59 Å². The first-order valence-corrected chi connectivity index (χ1v) is 6.27. The predicted molar refractivity (Wildman–Crippen MR) is 64.4 cm³/mol. The molecule has 0 radical (unpaired) electrons. The SMILES string of the molecule is COc1csc(C(=O)NC2CCC(=O)NC2)c1. The molecule has 1 aliphatic heterocycles. The Labute approximate surface area is 103 Å². The van der Waals surface area contributed by atoms with Crippen LogP contribution in [0, 0.1) is 0 Å². The summed E-state index contributed by atoms with van der Waals surface area (Å²) in [5.74, 6) is 0.629. The zero-order valence-electron chi connectivity index (χ0n) is 9.49. The molecule has 1 unspecified atom stereocenters. The van der Waals surface area contributed by atoms with Crippen LogP contribution in [0.5, 0.6) is 5.75 Å². The Morgan fingerprint density at radius 1 is 1.65 bits per heavy atom. The molecule has 17 heavy (non-hydrogen) atoms. The number of methoxy groups -OCH3 is 1. The number of ether oxygens (including phenoxy) is 1. The Bertz CT molecular complexity index is 420. The van der Waals surface area contributed by atoms with E-state index in [0.717, 1.165) is 0 Å².